The summed E-state index contributed by atoms with van der Waals surface area (Å²) in [6.07, 6.45) is 3.65. The number of hydrogen-bond acceptors (Lipinski definition) is 4. The Morgan fingerprint density at radius 2 is 2.21 bits per heavy atom. The Morgan fingerprint density at radius 3 is 2.79 bits per heavy atom. The third kappa shape index (κ3) is 2.90. The molecular formula is C13H19N5O. The third-order valence-electron chi connectivity index (χ3n) is 3.18. The molecule has 0 saturated carbocycles. The second-order valence-electron chi connectivity index (χ2n) is 4.71. The molecule has 2 N–H and O–H groups in total. The Balaban J connectivity index is 2.15. The van der Waals surface area contributed by atoms with Crippen LogP contribution >= 0.6 is 0 Å². The maximum atomic E-state index is 12.0. The molecule has 0 aliphatic heterocycles. The van der Waals surface area contributed by atoms with E-state index in [1.807, 2.05) is 31.7 Å². The van der Waals surface area contributed by atoms with E-state index in [4.69, 9.17) is 0 Å². The average molecular weight is 261 g/mol. The van der Waals surface area contributed by atoms with Gasteiger partial charge in [-0.05, 0) is 20.8 Å². The fourth-order valence-corrected chi connectivity index (χ4v) is 2.16. The molecule has 2 aromatic heterocycles. The molecule has 2 rings (SSSR count). The molecule has 1 atom stereocenters. The summed E-state index contributed by atoms with van der Waals surface area (Å²) in [7, 11) is 1.94. The van der Waals surface area contributed by atoms with E-state index in [9.17, 15) is 4.79 Å². The number of imidazole rings is 1. The van der Waals surface area contributed by atoms with Crippen LogP contribution in [0.4, 0.5) is 0 Å². The lowest BCUT2D eigenvalue weighted by Gasteiger charge is -2.15. The van der Waals surface area contributed by atoms with Crippen LogP contribution in [0.25, 0.3) is 0 Å². The lowest BCUT2D eigenvalue weighted by atomic mass is 10.1. The van der Waals surface area contributed by atoms with Gasteiger partial charge in [0.15, 0.2) is 0 Å². The zero-order valence-electron chi connectivity index (χ0n) is 11.7. The van der Waals surface area contributed by atoms with Crippen LogP contribution in [-0.2, 0) is 13.6 Å². The quantitative estimate of drug-likeness (QED) is 0.860. The normalized spacial score (nSPS) is 12.6. The zero-order valence-corrected chi connectivity index (χ0v) is 11.7. The molecule has 6 nitrogen and oxygen atoms in total. The molecule has 0 aromatic carbocycles. The maximum Gasteiger partial charge on any atom is 0.255 e. The van der Waals surface area contributed by atoms with Crippen molar-refractivity contribution in [1.29, 1.82) is 0 Å². The first-order chi connectivity index (χ1) is 8.99. The molecule has 0 radical (unpaired) electrons. The van der Waals surface area contributed by atoms with E-state index in [-0.39, 0.29) is 11.6 Å². The van der Waals surface area contributed by atoms with Crippen LogP contribution in [-0.4, -0.2) is 19.5 Å². The molecule has 0 spiro atoms. The first-order valence-electron chi connectivity index (χ1n) is 6.26. The monoisotopic (exact) mass is 261 g/mol. The standard InChI is InChI=1S/C13H19N5O/c1-8(15-7-11-14-5-6-18(11)4)12-9(2)16-10(3)17-13(12)19/h5-6,8,15H,7H2,1-4H3,(H,16,17,19). The fraction of sp³-hybridized carbons (Fsp3) is 0.462. The minimum Gasteiger partial charge on any atom is -0.337 e. The van der Waals surface area contributed by atoms with Crippen molar-refractivity contribution in [2.45, 2.75) is 33.4 Å². The molecule has 19 heavy (non-hydrogen) atoms. The van der Waals surface area contributed by atoms with E-state index in [0.29, 0.717) is 17.9 Å². The van der Waals surface area contributed by atoms with Crippen LogP contribution in [0.3, 0.4) is 0 Å². The Labute approximate surface area is 111 Å². The van der Waals surface area contributed by atoms with Crippen molar-refractivity contribution in [3.8, 4) is 0 Å². The van der Waals surface area contributed by atoms with Crippen LogP contribution in [0.15, 0.2) is 17.2 Å². The molecule has 0 aliphatic rings. The van der Waals surface area contributed by atoms with Gasteiger partial charge in [0.25, 0.3) is 5.56 Å². The number of nitrogens with zero attached hydrogens (tertiary/aromatic N) is 3. The van der Waals surface area contributed by atoms with E-state index in [1.54, 1.807) is 13.1 Å². The highest BCUT2D eigenvalue weighted by Gasteiger charge is 2.14. The summed E-state index contributed by atoms with van der Waals surface area (Å²) >= 11 is 0. The van der Waals surface area contributed by atoms with E-state index in [1.165, 1.54) is 0 Å². The topological polar surface area (TPSA) is 75.6 Å². The summed E-state index contributed by atoms with van der Waals surface area (Å²) in [6, 6.07) is -0.0754. The highest BCUT2D eigenvalue weighted by Crippen LogP contribution is 2.11. The Morgan fingerprint density at radius 1 is 1.47 bits per heavy atom. The predicted molar refractivity (Wildman–Crippen MR) is 72.8 cm³/mol. The van der Waals surface area contributed by atoms with E-state index < -0.39 is 0 Å². The smallest absolute Gasteiger partial charge is 0.255 e. The molecule has 0 fully saturated rings. The van der Waals surface area contributed by atoms with Gasteiger partial charge in [0.2, 0.25) is 0 Å². The molecule has 1 unspecified atom stereocenters. The second kappa shape index (κ2) is 5.36. The fourth-order valence-electron chi connectivity index (χ4n) is 2.16. The van der Waals surface area contributed by atoms with Crippen molar-refractivity contribution < 1.29 is 0 Å². The number of hydrogen-bond donors (Lipinski definition) is 2. The van der Waals surface area contributed by atoms with Gasteiger partial charge in [-0.2, -0.15) is 0 Å². The third-order valence-corrected chi connectivity index (χ3v) is 3.18. The van der Waals surface area contributed by atoms with E-state index >= 15 is 0 Å². The minimum atomic E-state index is -0.0789. The van der Waals surface area contributed by atoms with Crippen LogP contribution in [0, 0.1) is 13.8 Å². The number of rotatable bonds is 4. The molecule has 0 bridgehead atoms. The maximum absolute atomic E-state index is 12.0. The van der Waals surface area contributed by atoms with Gasteiger partial charge in [0.1, 0.15) is 11.6 Å². The van der Waals surface area contributed by atoms with E-state index in [0.717, 1.165) is 11.5 Å². The molecule has 0 saturated heterocycles. The molecule has 102 valence electrons. The van der Waals surface area contributed by atoms with Crippen LogP contribution < -0.4 is 10.9 Å². The highest BCUT2D eigenvalue weighted by molar-refractivity contribution is 5.20. The summed E-state index contributed by atoms with van der Waals surface area (Å²) in [5.74, 6) is 1.57. The van der Waals surface area contributed by atoms with Gasteiger partial charge >= 0.3 is 0 Å². The molecule has 2 heterocycles. The summed E-state index contributed by atoms with van der Waals surface area (Å²) < 4.78 is 1.95. The summed E-state index contributed by atoms with van der Waals surface area (Å²) in [6.45, 7) is 6.20. The largest absolute Gasteiger partial charge is 0.337 e. The SMILES string of the molecule is Cc1nc(C)c(C(C)NCc2nccn2C)c(=O)[nH]1. The second-order valence-corrected chi connectivity index (χ2v) is 4.71. The first kappa shape index (κ1) is 13.5. The van der Waals surface area contributed by atoms with Gasteiger partial charge in [-0.3, -0.25) is 4.79 Å². The van der Waals surface area contributed by atoms with Crippen LogP contribution in [0.1, 0.15) is 35.9 Å². The Bertz CT molecular complexity index is 628. The Hall–Kier alpha value is -1.95. The number of aryl methyl sites for hydroxylation is 3. The van der Waals surface area contributed by atoms with Gasteiger partial charge in [-0.25, -0.2) is 9.97 Å². The van der Waals surface area contributed by atoms with Gasteiger partial charge in [0, 0.05) is 31.2 Å². The zero-order chi connectivity index (χ0) is 14.0. The molecule has 0 aliphatic carbocycles. The lowest BCUT2D eigenvalue weighted by Crippen LogP contribution is -2.28. The summed E-state index contributed by atoms with van der Waals surface area (Å²) in [4.78, 5) is 23.3. The molecule has 2 aromatic rings. The summed E-state index contributed by atoms with van der Waals surface area (Å²) in [5.41, 5.74) is 1.37. The average Bonchev–Trinajstić information content (AvgIpc) is 2.70. The number of nitrogens with one attached hydrogen (secondary N) is 2. The minimum absolute atomic E-state index is 0.0754. The van der Waals surface area contributed by atoms with Gasteiger partial charge in [-0.15, -0.1) is 0 Å². The van der Waals surface area contributed by atoms with Gasteiger partial charge in [0.05, 0.1) is 12.1 Å². The Kier molecular flexibility index (Phi) is 3.80. The van der Waals surface area contributed by atoms with Crippen molar-refractivity contribution in [3.63, 3.8) is 0 Å². The summed E-state index contributed by atoms with van der Waals surface area (Å²) in [5, 5.41) is 3.30. The lowest BCUT2D eigenvalue weighted by molar-refractivity contribution is 0.539. The predicted octanol–water partition coefficient (Wildman–Crippen LogP) is 0.971. The molecule has 6 heteroatoms. The van der Waals surface area contributed by atoms with Crippen LogP contribution in [0.5, 0.6) is 0 Å². The van der Waals surface area contributed by atoms with Crippen molar-refractivity contribution in [2.75, 3.05) is 0 Å². The van der Waals surface area contributed by atoms with Crippen molar-refractivity contribution in [1.82, 2.24) is 24.8 Å². The van der Waals surface area contributed by atoms with Crippen molar-refractivity contribution in [3.05, 3.63) is 45.7 Å². The molecular weight excluding hydrogens is 242 g/mol. The number of aromatic amines is 1. The number of aromatic nitrogens is 4. The van der Waals surface area contributed by atoms with Crippen molar-refractivity contribution in [2.24, 2.45) is 7.05 Å². The van der Waals surface area contributed by atoms with Crippen LogP contribution in [0.2, 0.25) is 0 Å². The van der Waals surface area contributed by atoms with E-state index in [2.05, 4.69) is 20.3 Å². The van der Waals surface area contributed by atoms with Gasteiger partial charge < -0.3 is 14.9 Å². The first-order valence-corrected chi connectivity index (χ1v) is 6.26. The van der Waals surface area contributed by atoms with Gasteiger partial charge in [-0.1, -0.05) is 0 Å². The highest BCUT2D eigenvalue weighted by atomic mass is 16.1. The van der Waals surface area contributed by atoms with Crippen molar-refractivity contribution >= 4 is 0 Å². The number of H-pyrrole nitrogens is 1. The molecule has 0 amide bonds.